The van der Waals surface area contributed by atoms with Gasteiger partial charge in [0, 0.05) is 32.3 Å². The van der Waals surface area contributed by atoms with Gasteiger partial charge in [0.2, 0.25) is 27.7 Å². The maximum Gasteiger partial charge on any atom is 0.408 e. The van der Waals surface area contributed by atoms with Gasteiger partial charge >= 0.3 is 6.09 Å². The van der Waals surface area contributed by atoms with E-state index in [1.54, 1.807) is 32.9 Å². The third-order valence-electron chi connectivity index (χ3n) is 8.76. The Bertz CT molecular complexity index is 1680. The number of nitrogens with zero attached hydrogens (tertiary/aromatic N) is 1. The number of rotatable bonds is 14. The van der Waals surface area contributed by atoms with E-state index in [1.165, 1.54) is 35.5 Å². The molecular formula is C40H61N5O10S. The van der Waals surface area contributed by atoms with Crippen molar-refractivity contribution in [3.8, 4) is 5.75 Å². The predicted octanol–water partition coefficient (Wildman–Crippen LogP) is 4.14. The fourth-order valence-electron chi connectivity index (χ4n) is 5.81. The summed E-state index contributed by atoms with van der Waals surface area (Å²) in [5, 5.41) is 22.8. The average molecular weight is 804 g/mol. The molecule has 5 N–H and O–H groups in total. The third kappa shape index (κ3) is 15.7. The largest absolute Gasteiger partial charge is 0.494 e. The van der Waals surface area contributed by atoms with Crippen LogP contribution in [0.2, 0.25) is 0 Å². The number of aliphatic hydroxyl groups excluding tert-OH is 1. The number of fused-ring (bicyclic) bond motifs is 14. The molecule has 2 aliphatic heterocycles. The maximum absolute atomic E-state index is 14.1. The Morgan fingerprint density at radius 2 is 1.70 bits per heavy atom. The molecule has 56 heavy (non-hydrogen) atoms. The number of amides is 4. The number of sulfonamides is 1. The number of anilines is 1. The van der Waals surface area contributed by atoms with Gasteiger partial charge in [0.05, 0.1) is 30.3 Å². The van der Waals surface area contributed by atoms with E-state index in [0.29, 0.717) is 50.3 Å². The first kappa shape index (κ1) is 46.1. The normalized spacial score (nSPS) is 19.4. The molecule has 2 aromatic carbocycles. The van der Waals surface area contributed by atoms with E-state index in [1.807, 2.05) is 32.9 Å². The minimum absolute atomic E-state index is 0.0264. The first-order valence-corrected chi connectivity index (χ1v) is 20.8. The van der Waals surface area contributed by atoms with Crippen LogP contribution >= 0.6 is 0 Å². The number of carbonyl (C=O) groups excluding carboxylic acids is 4. The number of hydrogen-bond acceptors (Lipinski definition) is 10. The molecular weight excluding hydrogens is 743 g/mol. The van der Waals surface area contributed by atoms with Crippen LogP contribution in [0.25, 0.3) is 0 Å². The van der Waals surface area contributed by atoms with Crippen LogP contribution in [0.15, 0.2) is 53.4 Å². The van der Waals surface area contributed by atoms with Crippen molar-refractivity contribution >= 4 is 39.5 Å². The highest BCUT2D eigenvalue weighted by atomic mass is 32.2. The summed E-state index contributed by atoms with van der Waals surface area (Å²) in [4.78, 5) is 52.1. The molecule has 2 aliphatic rings. The Labute approximate surface area is 331 Å². The molecule has 2 heterocycles. The third-order valence-corrected chi connectivity index (χ3v) is 10.6. The summed E-state index contributed by atoms with van der Waals surface area (Å²) in [7, 11) is -4.15. The summed E-state index contributed by atoms with van der Waals surface area (Å²) >= 11 is 0. The summed E-state index contributed by atoms with van der Waals surface area (Å²) in [6.07, 6.45) is 0.384. The molecule has 0 aromatic heterocycles. The molecule has 0 saturated heterocycles. The minimum atomic E-state index is -4.15. The Kier molecular flexibility index (Phi) is 18.0. The van der Waals surface area contributed by atoms with Crippen molar-refractivity contribution in [1.82, 2.24) is 20.3 Å². The van der Waals surface area contributed by atoms with Crippen molar-refractivity contribution in [2.75, 3.05) is 38.2 Å². The SMILES string of the molecule is CCCOC[C@@H]1NC(=O)[C@@H](NC(=O)OC(C)(C)C)CCCCOc2ccc(cc2)C[C@@H]([C@H](O)CN(CCC(C)C)S(=O)(=O)c2ccc(NC(C)=O)cc2)NC1=O. The van der Waals surface area contributed by atoms with Crippen LogP contribution in [0.5, 0.6) is 5.75 Å². The summed E-state index contributed by atoms with van der Waals surface area (Å²) in [5.74, 6) is -0.846. The summed E-state index contributed by atoms with van der Waals surface area (Å²) < 4.78 is 46.4. The number of carbonyl (C=O) groups is 4. The fraction of sp³-hybridized carbons (Fsp3) is 0.600. The van der Waals surface area contributed by atoms with E-state index in [2.05, 4.69) is 21.3 Å². The van der Waals surface area contributed by atoms with Gasteiger partial charge in [-0.3, -0.25) is 14.4 Å². The molecule has 4 rings (SSSR count). The Morgan fingerprint density at radius 3 is 2.30 bits per heavy atom. The lowest BCUT2D eigenvalue weighted by Gasteiger charge is -2.31. The maximum atomic E-state index is 14.1. The Balaban J connectivity index is 1.98. The van der Waals surface area contributed by atoms with Gasteiger partial charge in [0.1, 0.15) is 23.4 Å². The highest BCUT2D eigenvalue weighted by Gasteiger charge is 2.34. The van der Waals surface area contributed by atoms with E-state index in [4.69, 9.17) is 14.2 Å². The number of hydrogen-bond donors (Lipinski definition) is 5. The number of nitrogens with one attached hydrogen (secondary N) is 4. The second kappa shape index (κ2) is 21.9. The fourth-order valence-corrected chi connectivity index (χ4v) is 7.29. The van der Waals surface area contributed by atoms with Gasteiger partial charge in [0.15, 0.2) is 0 Å². The van der Waals surface area contributed by atoms with Crippen molar-refractivity contribution in [2.45, 2.75) is 122 Å². The first-order chi connectivity index (χ1) is 26.4. The molecule has 0 radical (unpaired) electrons. The van der Waals surface area contributed by atoms with Crippen molar-refractivity contribution in [1.29, 1.82) is 0 Å². The van der Waals surface area contributed by atoms with E-state index >= 15 is 0 Å². The Morgan fingerprint density at radius 1 is 1.02 bits per heavy atom. The van der Waals surface area contributed by atoms with Gasteiger partial charge in [0.25, 0.3) is 0 Å². The number of ether oxygens (including phenoxy) is 3. The second-order valence-electron chi connectivity index (χ2n) is 15.5. The van der Waals surface area contributed by atoms with Crippen LogP contribution in [0.4, 0.5) is 10.5 Å². The van der Waals surface area contributed by atoms with Gasteiger partial charge in [-0.25, -0.2) is 13.2 Å². The van der Waals surface area contributed by atoms with Crippen molar-refractivity contribution in [3.63, 3.8) is 0 Å². The summed E-state index contributed by atoms with van der Waals surface area (Å²) in [6, 6.07) is 9.66. The highest BCUT2D eigenvalue weighted by Crippen LogP contribution is 2.22. The standard InChI is InChI=1S/C40H61N5O10S/c1-8-22-53-26-35-38(49)42-34(36(47)25-45(21-20-27(2)3)56(51,52)32-18-14-30(15-19-32)41-28(4)46)24-29-12-16-31(17-13-29)54-23-10-9-11-33(37(48)43-35)44-39(50)55-40(5,6)7/h12-19,27,33-36,47H,8-11,20-26H2,1-7H3,(H,41,46)(H,42,49)(H,43,48)(H,44,50)/t33-,34-,35-,36+/m0/s1. The second-order valence-corrected chi connectivity index (χ2v) is 17.4. The predicted molar refractivity (Wildman–Crippen MR) is 213 cm³/mol. The molecule has 0 unspecified atom stereocenters. The molecule has 312 valence electrons. The van der Waals surface area contributed by atoms with E-state index in [0.717, 1.165) is 5.56 Å². The van der Waals surface area contributed by atoms with Crippen LogP contribution in [-0.2, 0) is 40.3 Å². The van der Waals surface area contributed by atoms with E-state index in [9.17, 15) is 32.7 Å². The number of alkyl carbamates (subject to hydrolysis) is 1. The minimum Gasteiger partial charge on any atom is -0.494 e. The highest BCUT2D eigenvalue weighted by molar-refractivity contribution is 7.89. The van der Waals surface area contributed by atoms with Gasteiger partial charge < -0.3 is 40.6 Å². The first-order valence-electron chi connectivity index (χ1n) is 19.3. The molecule has 0 aliphatic carbocycles. The monoisotopic (exact) mass is 803 g/mol. The van der Waals surface area contributed by atoms with E-state index in [-0.39, 0.29) is 49.3 Å². The van der Waals surface area contributed by atoms with Crippen LogP contribution in [0, 0.1) is 5.92 Å². The zero-order valence-corrected chi connectivity index (χ0v) is 34.6. The molecule has 2 bridgehead atoms. The molecule has 0 spiro atoms. The van der Waals surface area contributed by atoms with Gasteiger partial charge in [-0.05, 0) is 107 Å². The molecule has 2 aromatic rings. The summed E-state index contributed by atoms with van der Waals surface area (Å²) in [5.41, 5.74) is 0.359. The lowest BCUT2D eigenvalue weighted by Crippen LogP contribution is -2.59. The summed E-state index contributed by atoms with van der Waals surface area (Å²) in [6.45, 7) is 12.5. The van der Waals surface area contributed by atoms with Crippen LogP contribution in [0.1, 0.15) is 86.1 Å². The number of benzene rings is 2. The average Bonchev–Trinajstić information content (AvgIpc) is 3.11. The molecule has 0 saturated carbocycles. The lowest BCUT2D eigenvalue weighted by molar-refractivity contribution is -0.132. The quantitative estimate of drug-likeness (QED) is 0.173. The van der Waals surface area contributed by atoms with Crippen LogP contribution in [-0.4, -0.2) is 104 Å². The molecule has 15 nitrogen and oxygen atoms in total. The topological polar surface area (TPSA) is 202 Å². The lowest BCUT2D eigenvalue weighted by atomic mass is 10.00. The molecule has 0 fully saturated rings. The van der Waals surface area contributed by atoms with Crippen LogP contribution in [0.3, 0.4) is 0 Å². The smallest absolute Gasteiger partial charge is 0.408 e. The van der Waals surface area contributed by atoms with Gasteiger partial charge in [-0.15, -0.1) is 0 Å². The molecule has 4 amide bonds. The van der Waals surface area contributed by atoms with Crippen LogP contribution < -0.4 is 26.0 Å². The zero-order chi connectivity index (χ0) is 41.5. The van der Waals surface area contributed by atoms with Crippen molar-refractivity contribution < 1.29 is 46.9 Å². The van der Waals surface area contributed by atoms with Gasteiger partial charge in [-0.2, -0.15) is 4.31 Å². The molecule has 16 heteroatoms. The molecule has 4 atom stereocenters. The van der Waals surface area contributed by atoms with Crippen molar-refractivity contribution in [3.05, 3.63) is 54.1 Å². The van der Waals surface area contributed by atoms with Gasteiger partial charge in [-0.1, -0.05) is 32.9 Å². The Hall–Kier alpha value is -4.25. The van der Waals surface area contributed by atoms with E-state index < -0.39 is 57.8 Å². The van der Waals surface area contributed by atoms with Crippen molar-refractivity contribution in [2.24, 2.45) is 5.92 Å². The zero-order valence-electron chi connectivity index (χ0n) is 33.8. The number of aliphatic hydroxyl groups is 1.